The van der Waals surface area contributed by atoms with Crippen molar-refractivity contribution in [3.8, 4) is 0 Å². The fraction of sp³-hybridized carbons (Fsp3) is 0.500. The van der Waals surface area contributed by atoms with Gasteiger partial charge >= 0.3 is 0 Å². The number of nitrogens with two attached hydrogens (primary N) is 1. The third-order valence-electron chi connectivity index (χ3n) is 4.21. The first-order valence-corrected chi connectivity index (χ1v) is 7.49. The predicted molar refractivity (Wildman–Crippen MR) is 80.5 cm³/mol. The van der Waals surface area contributed by atoms with Crippen molar-refractivity contribution >= 4 is 17.5 Å². The second-order valence-corrected chi connectivity index (χ2v) is 6.24. The highest BCUT2D eigenvalue weighted by molar-refractivity contribution is 5.94. The monoisotopic (exact) mass is 287 g/mol. The smallest absolute Gasteiger partial charge is 0.240 e. The molecule has 2 saturated carbocycles. The van der Waals surface area contributed by atoms with Crippen LogP contribution in [0.2, 0.25) is 0 Å². The largest absolute Gasteiger partial charge is 0.348 e. The highest BCUT2D eigenvalue weighted by Gasteiger charge is 2.46. The van der Waals surface area contributed by atoms with Crippen LogP contribution in [0.1, 0.15) is 44.2 Å². The number of amides is 2. The lowest BCUT2D eigenvalue weighted by Crippen LogP contribution is -2.43. The van der Waals surface area contributed by atoms with Crippen LogP contribution in [0.15, 0.2) is 24.3 Å². The molecule has 0 aliphatic heterocycles. The van der Waals surface area contributed by atoms with E-state index in [1.165, 1.54) is 0 Å². The number of anilines is 1. The van der Waals surface area contributed by atoms with Crippen LogP contribution in [-0.4, -0.2) is 17.4 Å². The molecule has 1 aromatic carbocycles. The van der Waals surface area contributed by atoms with Gasteiger partial charge < -0.3 is 16.4 Å². The zero-order valence-electron chi connectivity index (χ0n) is 12.2. The summed E-state index contributed by atoms with van der Waals surface area (Å²) in [6.07, 6.45) is 3.51. The third-order valence-corrected chi connectivity index (χ3v) is 4.21. The van der Waals surface area contributed by atoms with Crippen molar-refractivity contribution in [2.75, 3.05) is 5.32 Å². The Kier molecular flexibility index (Phi) is 3.45. The summed E-state index contributed by atoms with van der Waals surface area (Å²) in [4.78, 5) is 23.6. The van der Waals surface area contributed by atoms with Gasteiger partial charge in [0, 0.05) is 11.6 Å². The van der Waals surface area contributed by atoms with Crippen molar-refractivity contribution < 1.29 is 9.59 Å². The molecule has 2 amide bonds. The van der Waals surface area contributed by atoms with Gasteiger partial charge in [0.1, 0.15) is 0 Å². The second kappa shape index (κ2) is 5.15. The van der Waals surface area contributed by atoms with Gasteiger partial charge in [0.25, 0.3) is 0 Å². The van der Waals surface area contributed by atoms with Gasteiger partial charge in [-0.05, 0) is 50.3 Å². The van der Waals surface area contributed by atoms with Crippen molar-refractivity contribution in [3.63, 3.8) is 0 Å². The van der Waals surface area contributed by atoms with E-state index < -0.39 is 5.54 Å². The van der Waals surface area contributed by atoms with Crippen LogP contribution in [0.3, 0.4) is 0 Å². The lowest BCUT2D eigenvalue weighted by Gasteiger charge is -2.17. The van der Waals surface area contributed by atoms with E-state index in [-0.39, 0.29) is 23.8 Å². The highest BCUT2D eigenvalue weighted by Crippen LogP contribution is 2.33. The lowest BCUT2D eigenvalue weighted by atomic mass is 10.1. The van der Waals surface area contributed by atoms with Crippen LogP contribution in [0.5, 0.6) is 0 Å². The normalized spacial score (nSPS) is 20.5. The molecule has 2 aliphatic rings. The molecule has 3 rings (SSSR count). The Bertz CT molecular complexity index is 559. The fourth-order valence-corrected chi connectivity index (χ4v) is 2.23. The zero-order chi connectivity index (χ0) is 15.0. The molecule has 1 aromatic rings. The van der Waals surface area contributed by atoms with Gasteiger partial charge in [0.2, 0.25) is 11.8 Å². The summed E-state index contributed by atoms with van der Waals surface area (Å²) in [5.74, 6) is 0.214. The summed E-state index contributed by atoms with van der Waals surface area (Å²) in [7, 11) is 0. The second-order valence-electron chi connectivity index (χ2n) is 6.24. The number of benzene rings is 1. The van der Waals surface area contributed by atoms with Gasteiger partial charge in [-0.2, -0.15) is 0 Å². The molecule has 0 bridgehead atoms. The van der Waals surface area contributed by atoms with Crippen LogP contribution in [0.4, 0.5) is 5.69 Å². The molecule has 0 aromatic heterocycles. The number of nitrogens with one attached hydrogen (secondary N) is 2. The first kappa shape index (κ1) is 14.1. The molecular formula is C16H21N3O2. The third kappa shape index (κ3) is 3.24. The molecule has 0 saturated heterocycles. The van der Waals surface area contributed by atoms with E-state index in [0.717, 1.165) is 36.9 Å². The maximum absolute atomic E-state index is 11.9. The summed E-state index contributed by atoms with van der Waals surface area (Å²) in [5.41, 5.74) is 7.02. The minimum atomic E-state index is -0.646. The molecule has 0 radical (unpaired) electrons. The van der Waals surface area contributed by atoms with E-state index in [4.69, 9.17) is 5.73 Å². The van der Waals surface area contributed by atoms with Crippen molar-refractivity contribution in [2.24, 2.45) is 11.7 Å². The molecule has 5 heteroatoms. The topological polar surface area (TPSA) is 84.2 Å². The standard InChI is InChI=1S/C16H21N3O2/c1-10(18-15(21)16(17)8-9-16)11-4-6-13(7-5-11)19-14(20)12-2-3-12/h4-7,10,12H,2-3,8-9,17H2,1H3,(H,18,21)(H,19,20). The fourth-order valence-electron chi connectivity index (χ4n) is 2.23. The van der Waals surface area contributed by atoms with Crippen LogP contribution in [-0.2, 0) is 9.59 Å². The average molecular weight is 287 g/mol. The van der Waals surface area contributed by atoms with Gasteiger partial charge in [0.15, 0.2) is 0 Å². The predicted octanol–water partition coefficient (Wildman–Crippen LogP) is 1.70. The van der Waals surface area contributed by atoms with Crippen LogP contribution in [0, 0.1) is 5.92 Å². The molecule has 112 valence electrons. The summed E-state index contributed by atoms with van der Waals surface area (Å²) < 4.78 is 0. The minimum absolute atomic E-state index is 0.0823. The van der Waals surface area contributed by atoms with Gasteiger partial charge in [-0.3, -0.25) is 9.59 Å². The lowest BCUT2D eigenvalue weighted by molar-refractivity contribution is -0.124. The van der Waals surface area contributed by atoms with Gasteiger partial charge in [-0.1, -0.05) is 12.1 Å². The van der Waals surface area contributed by atoms with Gasteiger partial charge in [0.05, 0.1) is 11.6 Å². The highest BCUT2D eigenvalue weighted by atomic mass is 16.2. The zero-order valence-corrected chi connectivity index (χ0v) is 12.2. The molecule has 0 heterocycles. The van der Waals surface area contributed by atoms with Crippen LogP contribution < -0.4 is 16.4 Å². The Labute approximate surface area is 124 Å². The number of hydrogen-bond donors (Lipinski definition) is 3. The number of carbonyl (C=O) groups excluding carboxylic acids is 2. The van der Waals surface area contributed by atoms with E-state index in [1.54, 1.807) is 0 Å². The number of hydrogen-bond acceptors (Lipinski definition) is 3. The van der Waals surface area contributed by atoms with E-state index >= 15 is 0 Å². The Morgan fingerprint density at radius 3 is 2.38 bits per heavy atom. The Morgan fingerprint density at radius 1 is 1.24 bits per heavy atom. The Hall–Kier alpha value is -1.88. The number of carbonyl (C=O) groups is 2. The Morgan fingerprint density at radius 2 is 1.86 bits per heavy atom. The van der Waals surface area contributed by atoms with E-state index in [1.807, 2.05) is 31.2 Å². The Balaban J connectivity index is 1.57. The molecule has 0 spiro atoms. The molecule has 1 unspecified atom stereocenters. The molecular weight excluding hydrogens is 266 g/mol. The van der Waals surface area contributed by atoms with Crippen molar-refractivity contribution in [1.82, 2.24) is 5.32 Å². The van der Waals surface area contributed by atoms with Crippen molar-refractivity contribution in [3.05, 3.63) is 29.8 Å². The van der Waals surface area contributed by atoms with E-state index in [9.17, 15) is 9.59 Å². The van der Waals surface area contributed by atoms with Gasteiger partial charge in [-0.25, -0.2) is 0 Å². The molecule has 2 fully saturated rings. The van der Waals surface area contributed by atoms with E-state index in [2.05, 4.69) is 10.6 Å². The summed E-state index contributed by atoms with van der Waals surface area (Å²) in [6.45, 7) is 1.93. The number of rotatable bonds is 5. The maximum Gasteiger partial charge on any atom is 0.240 e. The first-order valence-electron chi connectivity index (χ1n) is 7.49. The van der Waals surface area contributed by atoms with E-state index in [0.29, 0.717) is 0 Å². The summed E-state index contributed by atoms with van der Waals surface area (Å²) in [6, 6.07) is 7.49. The molecule has 21 heavy (non-hydrogen) atoms. The molecule has 5 nitrogen and oxygen atoms in total. The SMILES string of the molecule is CC(NC(=O)C1(N)CC1)c1ccc(NC(=O)C2CC2)cc1. The molecule has 1 atom stereocenters. The van der Waals surface area contributed by atoms with Crippen molar-refractivity contribution in [1.29, 1.82) is 0 Å². The molecule has 2 aliphatic carbocycles. The average Bonchev–Trinajstić information content (AvgIpc) is 3.34. The van der Waals surface area contributed by atoms with Crippen molar-refractivity contribution in [2.45, 2.75) is 44.2 Å². The summed E-state index contributed by atoms with van der Waals surface area (Å²) >= 11 is 0. The quantitative estimate of drug-likeness (QED) is 0.770. The molecule has 4 N–H and O–H groups in total. The maximum atomic E-state index is 11.9. The first-order chi connectivity index (χ1) is 9.98. The summed E-state index contributed by atoms with van der Waals surface area (Å²) in [5, 5.41) is 5.83. The minimum Gasteiger partial charge on any atom is -0.348 e. The van der Waals surface area contributed by atoms with Crippen LogP contribution >= 0.6 is 0 Å². The van der Waals surface area contributed by atoms with Crippen LogP contribution in [0.25, 0.3) is 0 Å². The van der Waals surface area contributed by atoms with Gasteiger partial charge in [-0.15, -0.1) is 0 Å².